The second kappa shape index (κ2) is 10.3. The Kier molecular flexibility index (Phi) is 7.26. The van der Waals surface area contributed by atoms with Crippen LogP contribution in [0, 0.1) is 24.2 Å². The monoisotopic (exact) mass is 520 g/mol. The molecule has 0 bridgehead atoms. The van der Waals surface area contributed by atoms with Crippen molar-refractivity contribution in [2.75, 3.05) is 18.9 Å². The van der Waals surface area contributed by atoms with Gasteiger partial charge in [0.15, 0.2) is 5.69 Å². The van der Waals surface area contributed by atoms with Crippen molar-refractivity contribution >= 4 is 29.3 Å². The largest absolute Gasteiger partial charge is 0.361 e. The number of fused-ring (bicyclic) bond motifs is 2. The van der Waals surface area contributed by atoms with E-state index in [1.54, 1.807) is 13.0 Å². The molecule has 1 fully saturated rings. The van der Waals surface area contributed by atoms with Crippen LogP contribution < -0.4 is 10.6 Å². The number of aromatic nitrogens is 1. The van der Waals surface area contributed by atoms with Crippen LogP contribution in [0.25, 0.3) is 0 Å². The first kappa shape index (κ1) is 26.9. The standard InChI is InChI=1S/C27H32N6O5/c1-15(2)10-22(32(5)24(35)17(4)29-23(34)21-11-16(3)38-31-21)25(36)33-14-27(12-18(33)13-28)19-8-6-7-9-20(19)30-26(27)37/h6-9,11,15,17-18,22H,10,12,14H2,1-5H3,(H,29,34)(H,30,37)/t17-,18-,22-,27-/m0/s1. The number of amides is 4. The smallest absolute Gasteiger partial charge is 0.274 e. The van der Waals surface area contributed by atoms with Crippen LogP contribution in [0.5, 0.6) is 0 Å². The molecule has 3 heterocycles. The molecule has 2 aliphatic heterocycles. The van der Waals surface area contributed by atoms with Crippen LogP contribution >= 0.6 is 0 Å². The topological polar surface area (TPSA) is 149 Å². The molecule has 1 aromatic carbocycles. The molecule has 0 unspecified atom stereocenters. The van der Waals surface area contributed by atoms with Crippen molar-refractivity contribution in [2.45, 2.75) is 64.1 Å². The number of carbonyl (C=O) groups is 4. The molecule has 0 aliphatic carbocycles. The van der Waals surface area contributed by atoms with Gasteiger partial charge >= 0.3 is 0 Å². The van der Waals surface area contributed by atoms with Crippen LogP contribution in [-0.2, 0) is 19.8 Å². The summed E-state index contributed by atoms with van der Waals surface area (Å²) < 4.78 is 4.92. The molecule has 1 spiro atoms. The third-order valence-corrected chi connectivity index (χ3v) is 7.29. The molecule has 200 valence electrons. The molecule has 4 amide bonds. The number of benzene rings is 1. The molecular formula is C27H32N6O5. The molecule has 4 rings (SSSR count). The summed E-state index contributed by atoms with van der Waals surface area (Å²) in [6, 6.07) is 8.29. The van der Waals surface area contributed by atoms with Crippen LogP contribution in [0.1, 0.15) is 55.4 Å². The van der Waals surface area contributed by atoms with E-state index in [1.165, 1.54) is 29.8 Å². The zero-order valence-corrected chi connectivity index (χ0v) is 22.1. The molecule has 2 aromatic rings. The lowest BCUT2D eigenvalue weighted by molar-refractivity contribution is -0.146. The van der Waals surface area contributed by atoms with E-state index in [4.69, 9.17) is 4.52 Å². The number of anilines is 1. The van der Waals surface area contributed by atoms with Crippen molar-refractivity contribution in [3.63, 3.8) is 0 Å². The Bertz CT molecular complexity index is 1310. The molecule has 2 aliphatic rings. The summed E-state index contributed by atoms with van der Waals surface area (Å²) in [6.45, 7) is 7.10. The summed E-state index contributed by atoms with van der Waals surface area (Å²) in [5.74, 6) is -1.17. The summed E-state index contributed by atoms with van der Waals surface area (Å²) in [7, 11) is 1.51. The average Bonchev–Trinajstić information content (AvgIpc) is 3.57. The maximum atomic E-state index is 14.0. The van der Waals surface area contributed by atoms with Crippen molar-refractivity contribution in [1.82, 2.24) is 20.3 Å². The molecule has 4 atom stereocenters. The fourth-order valence-electron chi connectivity index (χ4n) is 5.31. The summed E-state index contributed by atoms with van der Waals surface area (Å²) in [5.41, 5.74) is 0.481. The van der Waals surface area contributed by atoms with E-state index in [-0.39, 0.29) is 30.5 Å². The number of nitrogens with one attached hydrogen (secondary N) is 2. The lowest BCUT2D eigenvalue weighted by Gasteiger charge is -2.34. The Labute approximate surface area is 221 Å². The summed E-state index contributed by atoms with van der Waals surface area (Å²) in [4.78, 5) is 55.7. The third kappa shape index (κ3) is 4.74. The second-order valence-electron chi connectivity index (χ2n) is 10.5. The number of para-hydroxylation sites is 1. The third-order valence-electron chi connectivity index (χ3n) is 7.29. The average molecular weight is 521 g/mol. The summed E-state index contributed by atoms with van der Waals surface area (Å²) in [6.07, 6.45) is 0.516. The highest BCUT2D eigenvalue weighted by molar-refractivity contribution is 6.07. The first-order valence-corrected chi connectivity index (χ1v) is 12.6. The second-order valence-corrected chi connectivity index (χ2v) is 10.5. The quantitative estimate of drug-likeness (QED) is 0.567. The van der Waals surface area contributed by atoms with E-state index in [1.807, 2.05) is 32.0 Å². The Morgan fingerprint density at radius 1 is 1.32 bits per heavy atom. The molecule has 1 saturated heterocycles. The normalized spacial score (nSPS) is 21.6. The molecule has 0 saturated carbocycles. The van der Waals surface area contributed by atoms with Crippen molar-refractivity contribution < 1.29 is 23.7 Å². The fourth-order valence-corrected chi connectivity index (χ4v) is 5.31. The van der Waals surface area contributed by atoms with Gasteiger partial charge in [0, 0.05) is 31.8 Å². The fraction of sp³-hybridized carbons (Fsp3) is 0.481. The Balaban J connectivity index is 1.56. The van der Waals surface area contributed by atoms with Crippen LogP contribution in [0.2, 0.25) is 0 Å². The van der Waals surface area contributed by atoms with E-state index in [0.29, 0.717) is 17.9 Å². The van der Waals surface area contributed by atoms with Gasteiger partial charge < -0.3 is 25.0 Å². The van der Waals surface area contributed by atoms with Gasteiger partial charge in [-0.05, 0) is 37.8 Å². The van der Waals surface area contributed by atoms with E-state index in [9.17, 15) is 24.4 Å². The van der Waals surface area contributed by atoms with E-state index in [2.05, 4.69) is 21.9 Å². The first-order valence-electron chi connectivity index (χ1n) is 12.6. The van der Waals surface area contributed by atoms with Crippen LogP contribution in [-0.4, -0.2) is 70.3 Å². The molecule has 11 heteroatoms. The molecular weight excluding hydrogens is 488 g/mol. The van der Waals surface area contributed by atoms with Gasteiger partial charge in [0.25, 0.3) is 5.91 Å². The Hall–Kier alpha value is -4.20. The van der Waals surface area contributed by atoms with E-state index < -0.39 is 41.3 Å². The summed E-state index contributed by atoms with van der Waals surface area (Å²) in [5, 5.41) is 19.1. The van der Waals surface area contributed by atoms with E-state index in [0.717, 1.165) is 5.56 Å². The van der Waals surface area contributed by atoms with Crippen molar-refractivity contribution in [3.8, 4) is 6.07 Å². The molecule has 1 aromatic heterocycles. The zero-order chi connectivity index (χ0) is 27.8. The van der Waals surface area contributed by atoms with Crippen LogP contribution in [0.3, 0.4) is 0 Å². The number of hydrogen-bond donors (Lipinski definition) is 2. The number of nitriles is 1. The minimum absolute atomic E-state index is 0.0430. The van der Waals surface area contributed by atoms with E-state index >= 15 is 0 Å². The van der Waals surface area contributed by atoms with Gasteiger partial charge in [0.1, 0.15) is 23.9 Å². The molecule has 38 heavy (non-hydrogen) atoms. The number of nitrogens with zero attached hydrogens (tertiary/aromatic N) is 4. The lowest BCUT2D eigenvalue weighted by atomic mass is 9.80. The maximum absolute atomic E-state index is 14.0. The van der Waals surface area contributed by atoms with Crippen molar-refractivity contribution in [2.24, 2.45) is 5.92 Å². The minimum Gasteiger partial charge on any atom is -0.361 e. The molecule has 11 nitrogen and oxygen atoms in total. The molecule has 0 radical (unpaired) electrons. The van der Waals surface area contributed by atoms with Gasteiger partial charge in [-0.15, -0.1) is 0 Å². The van der Waals surface area contributed by atoms with Gasteiger partial charge in [-0.25, -0.2) is 0 Å². The van der Waals surface area contributed by atoms with Crippen molar-refractivity contribution in [1.29, 1.82) is 5.26 Å². The van der Waals surface area contributed by atoms with Crippen LogP contribution in [0.15, 0.2) is 34.9 Å². The van der Waals surface area contributed by atoms with Gasteiger partial charge in [0.05, 0.1) is 11.5 Å². The number of hydrogen-bond acceptors (Lipinski definition) is 7. The summed E-state index contributed by atoms with van der Waals surface area (Å²) >= 11 is 0. The number of aryl methyl sites for hydroxylation is 1. The van der Waals surface area contributed by atoms with Gasteiger partial charge in [0.2, 0.25) is 17.7 Å². The minimum atomic E-state index is -1.02. The molecule has 2 N–H and O–H groups in total. The highest BCUT2D eigenvalue weighted by atomic mass is 16.5. The highest BCUT2D eigenvalue weighted by Gasteiger charge is 2.56. The van der Waals surface area contributed by atoms with Crippen LogP contribution in [0.4, 0.5) is 5.69 Å². The first-order chi connectivity index (χ1) is 18.0. The predicted molar refractivity (Wildman–Crippen MR) is 137 cm³/mol. The predicted octanol–water partition coefficient (Wildman–Crippen LogP) is 1.99. The van der Waals surface area contributed by atoms with Gasteiger partial charge in [-0.3, -0.25) is 19.2 Å². The van der Waals surface area contributed by atoms with Gasteiger partial charge in [-0.1, -0.05) is 37.2 Å². The highest BCUT2D eigenvalue weighted by Crippen LogP contribution is 2.46. The maximum Gasteiger partial charge on any atom is 0.274 e. The Morgan fingerprint density at radius 2 is 2.03 bits per heavy atom. The number of carbonyl (C=O) groups excluding carboxylic acids is 4. The SMILES string of the molecule is Cc1cc(C(=O)N[C@@H](C)C(=O)N(C)[C@@H](CC(C)C)C(=O)N2C[C@]3(C[C@H]2C#N)C(=O)Nc2ccccc23)no1. The Morgan fingerprint density at radius 3 is 2.66 bits per heavy atom. The number of likely N-dealkylation sites (tertiary alicyclic amines) is 1. The number of rotatable bonds is 7. The van der Waals surface area contributed by atoms with Gasteiger partial charge in [-0.2, -0.15) is 5.26 Å². The number of likely N-dealkylation sites (N-methyl/N-ethyl adjacent to an activating group) is 1. The lowest BCUT2D eigenvalue weighted by Crippen LogP contribution is -2.55. The zero-order valence-electron chi connectivity index (χ0n) is 22.1. The van der Waals surface area contributed by atoms with Crippen molar-refractivity contribution in [3.05, 3.63) is 47.3 Å².